The van der Waals surface area contributed by atoms with Gasteiger partial charge in [0.1, 0.15) is 0 Å². The fraction of sp³-hybridized carbons (Fsp3) is 0.320. The number of piperidine rings is 1. The molecule has 1 aromatic heterocycles. The van der Waals surface area contributed by atoms with Gasteiger partial charge in [-0.25, -0.2) is 8.42 Å². The van der Waals surface area contributed by atoms with Gasteiger partial charge in [0.15, 0.2) is 0 Å². The van der Waals surface area contributed by atoms with E-state index in [-0.39, 0.29) is 16.7 Å². The molecular weight excluding hydrogens is 456 g/mol. The molecule has 3 aromatic rings. The number of nitrogens with zero attached hydrogens (tertiary/aromatic N) is 2. The fourth-order valence-electron chi connectivity index (χ4n) is 4.34. The van der Waals surface area contributed by atoms with Gasteiger partial charge in [-0.1, -0.05) is 48.0 Å². The predicted octanol–water partition coefficient (Wildman–Crippen LogP) is 4.47. The van der Waals surface area contributed by atoms with Crippen molar-refractivity contribution in [1.29, 1.82) is 0 Å². The number of aryl methyl sites for hydroxylation is 2. The van der Waals surface area contributed by atoms with Gasteiger partial charge in [-0.3, -0.25) is 4.79 Å². The molecule has 8 heteroatoms. The monoisotopic (exact) mass is 484 g/mol. The molecule has 1 aliphatic heterocycles. The number of hydrogen-bond donors (Lipinski definition) is 1. The molecule has 0 radical (unpaired) electrons. The van der Waals surface area contributed by atoms with E-state index in [1.165, 1.54) is 4.31 Å². The second-order valence-electron chi connectivity index (χ2n) is 8.46. The average Bonchev–Trinajstić information content (AvgIpc) is 3.23. The first-order chi connectivity index (χ1) is 15.8. The Morgan fingerprint density at radius 1 is 1.06 bits per heavy atom. The van der Waals surface area contributed by atoms with Crippen molar-refractivity contribution >= 4 is 27.8 Å². The predicted molar refractivity (Wildman–Crippen MR) is 130 cm³/mol. The lowest BCUT2D eigenvalue weighted by molar-refractivity contribution is -0.143. The lowest BCUT2D eigenvalue weighted by atomic mass is 9.92. The van der Waals surface area contributed by atoms with E-state index in [0.29, 0.717) is 12.2 Å². The summed E-state index contributed by atoms with van der Waals surface area (Å²) in [5.74, 6) is -1.08. The van der Waals surface area contributed by atoms with E-state index < -0.39 is 28.0 Å². The number of aliphatic carboxylic acids is 1. The minimum absolute atomic E-state index is 0.0617. The standard InChI is InChI=1S/C25H28N2O4S2/c1-18-10-12-20(13-11-18)33(30,31)27-16-21(25(28)29)24(32-17-19-7-4-3-5-8-19)15-23(27)22-9-6-14-26(22)2/h3-14,21,23-24H,15-17H2,1-2H3,(H,28,29)/t21-,23+,24-/m1/s1. The highest BCUT2D eigenvalue weighted by Crippen LogP contribution is 2.43. The third kappa shape index (κ3) is 5.03. The molecule has 3 atom stereocenters. The number of carboxylic acid groups (broad SMARTS) is 1. The fourth-order valence-corrected chi connectivity index (χ4v) is 7.33. The van der Waals surface area contributed by atoms with Crippen molar-refractivity contribution in [2.45, 2.75) is 35.3 Å². The first-order valence-corrected chi connectivity index (χ1v) is 13.3. The number of rotatable bonds is 7. The minimum Gasteiger partial charge on any atom is -0.481 e. The Morgan fingerprint density at radius 3 is 2.36 bits per heavy atom. The summed E-state index contributed by atoms with van der Waals surface area (Å²) in [6, 6.07) is 20.0. The Bertz CT molecular complexity index is 1210. The highest BCUT2D eigenvalue weighted by atomic mass is 32.2. The van der Waals surface area contributed by atoms with E-state index in [9.17, 15) is 18.3 Å². The van der Waals surface area contributed by atoms with Crippen LogP contribution in [0.1, 0.15) is 29.3 Å². The third-order valence-corrected chi connectivity index (χ3v) is 9.54. The Balaban J connectivity index is 1.69. The molecule has 174 valence electrons. The number of carboxylic acids is 1. The molecule has 0 bridgehead atoms. The zero-order valence-electron chi connectivity index (χ0n) is 18.7. The number of thioether (sulfide) groups is 1. The molecule has 0 saturated carbocycles. The van der Waals surface area contributed by atoms with E-state index in [2.05, 4.69) is 0 Å². The maximum Gasteiger partial charge on any atom is 0.308 e. The van der Waals surface area contributed by atoms with E-state index in [4.69, 9.17) is 0 Å². The van der Waals surface area contributed by atoms with E-state index >= 15 is 0 Å². The van der Waals surface area contributed by atoms with Crippen molar-refractivity contribution in [2.24, 2.45) is 13.0 Å². The Morgan fingerprint density at radius 2 is 1.76 bits per heavy atom. The molecule has 0 spiro atoms. The first kappa shape index (κ1) is 23.6. The van der Waals surface area contributed by atoms with E-state index in [1.807, 2.05) is 67.2 Å². The van der Waals surface area contributed by atoms with Crippen LogP contribution in [-0.2, 0) is 27.6 Å². The molecule has 4 rings (SSSR count). The normalized spacial score (nSPS) is 21.7. The first-order valence-electron chi connectivity index (χ1n) is 10.9. The molecule has 2 heterocycles. The molecule has 0 amide bonds. The Kier molecular flexibility index (Phi) is 6.97. The zero-order chi connectivity index (χ0) is 23.6. The summed E-state index contributed by atoms with van der Waals surface area (Å²) in [7, 11) is -1.99. The molecule has 33 heavy (non-hydrogen) atoms. The van der Waals surface area contributed by atoms with Crippen LogP contribution in [0.2, 0.25) is 0 Å². The summed E-state index contributed by atoms with van der Waals surface area (Å²) in [5.41, 5.74) is 2.95. The van der Waals surface area contributed by atoms with Gasteiger partial charge in [-0.15, -0.1) is 0 Å². The third-order valence-electron chi connectivity index (χ3n) is 6.21. The number of carbonyl (C=O) groups is 1. The minimum atomic E-state index is -3.88. The van der Waals surface area contributed by atoms with Crippen molar-refractivity contribution in [3.05, 3.63) is 89.7 Å². The van der Waals surface area contributed by atoms with Crippen molar-refractivity contribution in [2.75, 3.05) is 6.54 Å². The van der Waals surface area contributed by atoms with Crippen LogP contribution in [0, 0.1) is 12.8 Å². The summed E-state index contributed by atoms with van der Waals surface area (Å²) in [6.45, 7) is 1.84. The van der Waals surface area contributed by atoms with E-state index in [1.54, 1.807) is 36.0 Å². The molecule has 1 aliphatic rings. The van der Waals surface area contributed by atoms with Crippen LogP contribution in [0.3, 0.4) is 0 Å². The van der Waals surface area contributed by atoms with Crippen LogP contribution >= 0.6 is 11.8 Å². The van der Waals surface area contributed by atoms with Crippen molar-refractivity contribution in [3.63, 3.8) is 0 Å². The summed E-state index contributed by atoms with van der Waals surface area (Å²) in [4.78, 5) is 12.4. The molecule has 2 aromatic carbocycles. The number of aromatic nitrogens is 1. The summed E-state index contributed by atoms with van der Waals surface area (Å²) >= 11 is 1.59. The topological polar surface area (TPSA) is 79.6 Å². The second-order valence-corrected chi connectivity index (χ2v) is 11.6. The van der Waals surface area contributed by atoms with Crippen LogP contribution in [0.4, 0.5) is 0 Å². The molecule has 0 aliphatic carbocycles. The van der Waals surface area contributed by atoms with Gasteiger partial charge < -0.3 is 9.67 Å². The second kappa shape index (κ2) is 9.75. The van der Waals surface area contributed by atoms with E-state index in [0.717, 1.165) is 16.8 Å². The van der Waals surface area contributed by atoms with Crippen molar-refractivity contribution in [3.8, 4) is 0 Å². The van der Waals surface area contributed by atoms with Crippen molar-refractivity contribution < 1.29 is 18.3 Å². The zero-order valence-corrected chi connectivity index (χ0v) is 20.3. The molecule has 6 nitrogen and oxygen atoms in total. The largest absolute Gasteiger partial charge is 0.481 e. The van der Waals surface area contributed by atoms with Crippen LogP contribution < -0.4 is 0 Å². The van der Waals surface area contributed by atoms with Gasteiger partial charge in [0, 0.05) is 36.5 Å². The summed E-state index contributed by atoms with van der Waals surface area (Å²) in [5, 5.41) is 9.81. The van der Waals surface area contributed by atoms with Crippen molar-refractivity contribution in [1.82, 2.24) is 8.87 Å². The van der Waals surface area contributed by atoms with Gasteiger partial charge in [-0.2, -0.15) is 16.1 Å². The summed E-state index contributed by atoms with van der Waals surface area (Å²) < 4.78 is 30.7. The summed E-state index contributed by atoms with van der Waals surface area (Å²) in [6.07, 6.45) is 2.32. The van der Waals surface area contributed by atoms with Crippen LogP contribution in [0.15, 0.2) is 77.8 Å². The highest BCUT2D eigenvalue weighted by molar-refractivity contribution is 7.99. The van der Waals surface area contributed by atoms with Crippen LogP contribution in [0.5, 0.6) is 0 Å². The van der Waals surface area contributed by atoms with Gasteiger partial charge in [0.25, 0.3) is 0 Å². The molecular formula is C25H28N2O4S2. The molecule has 1 N–H and O–H groups in total. The highest BCUT2D eigenvalue weighted by Gasteiger charge is 2.45. The Labute approximate surface area is 199 Å². The number of sulfonamides is 1. The van der Waals surface area contributed by atoms with Gasteiger partial charge in [0.2, 0.25) is 10.0 Å². The number of benzene rings is 2. The van der Waals surface area contributed by atoms with Crippen LogP contribution in [-0.4, -0.2) is 40.2 Å². The maximum absolute atomic E-state index is 13.7. The molecule has 1 saturated heterocycles. The quantitative estimate of drug-likeness (QED) is 0.535. The lowest BCUT2D eigenvalue weighted by Crippen LogP contribution is -2.49. The number of hydrogen-bond acceptors (Lipinski definition) is 4. The maximum atomic E-state index is 13.7. The van der Waals surface area contributed by atoms with Gasteiger partial charge >= 0.3 is 5.97 Å². The SMILES string of the molecule is Cc1ccc(S(=O)(=O)N2C[C@@H](C(=O)O)[C@H](SCc3ccccc3)C[C@H]2c2cccn2C)cc1. The van der Waals surface area contributed by atoms with Gasteiger partial charge in [-0.05, 0) is 43.2 Å². The molecule has 0 unspecified atom stereocenters. The lowest BCUT2D eigenvalue weighted by Gasteiger charge is -2.41. The molecule has 1 fully saturated rings. The van der Waals surface area contributed by atoms with Crippen LogP contribution in [0.25, 0.3) is 0 Å². The smallest absolute Gasteiger partial charge is 0.308 e. The average molecular weight is 485 g/mol. The van der Waals surface area contributed by atoms with Gasteiger partial charge in [0.05, 0.1) is 16.9 Å². The Hall–Kier alpha value is -2.55.